The molecule has 0 saturated carbocycles. The fraction of sp³-hybridized carbons (Fsp3) is 0.122. The van der Waals surface area contributed by atoms with Crippen LogP contribution in [-0.2, 0) is 11.0 Å². The normalized spacial score (nSPS) is 15.5. The number of unbranched alkanes of at least 4 members (excludes halogenated alkanes) is 2. The van der Waals surface area contributed by atoms with Crippen molar-refractivity contribution in [2.45, 2.75) is 32.6 Å². The smallest absolute Gasteiger partial charge is 0.172 e. The minimum Gasteiger partial charge on any atom is -0.309 e. The second-order valence-corrected chi connectivity index (χ2v) is 15.5. The molecule has 1 nitrogen and oxygen atoms in total. The highest BCUT2D eigenvalue weighted by atomic mass is 32.1. The number of fused-ring (bicyclic) bond motifs is 6. The Hall–Kier alpha value is -4.23. The van der Waals surface area contributed by atoms with E-state index in [0.717, 1.165) is 58.3 Å². The predicted molar refractivity (Wildman–Crippen MR) is 192 cm³/mol. The van der Waals surface area contributed by atoms with Crippen molar-refractivity contribution in [3.8, 4) is 33.4 Å². The maximum atomic E-state index is 15.8. The second kappa shape index (κ2) is 11.0. The van der Waals surface area contributed by atoms with E-state index < -0.39 is 7.14 Å². The van der Waals surface area contributed by atoms with Crippen LogP contribution in [0.2, 0.25) is 0 Å². The number of hydrogen-bond donors (Lipinski definition) is 0. The lowest BCUT2D eigenvalue weighted by molar-refractivity contribution is 0.592. The van der Waals surface area contributed by atoms with Gasteiger partial charge in [0.15, 0.2) is 7.14 Å². The number of benzene rings is 6. The monoisotopic (exact) mass is 604 g/mol. The molecule has 3 heteroatoms. The first kappa shape index (κ1) is 27.3. The van der Waals surface area contributed by atoms with Gasteiger partial charge in [-0.05, 0) is 70.5 Å². The first-order chi connectivity index (χ1) is 21.7. The topological polar surface area (TPSA) is 17.1 Å². The standard InChI is InChI=1S/C41H33OPS/c1-2-3-6-17-30-27-34(29-24-25-38-35(26-29)32-20-12-14-23-37(32)44-38)39(28-15-7-4-8-16-28)40-33-21-11-13-22-36(33)43(42,41(30)40)31-18-9-5-10-19-31/h4-5,7-16,18-27H,2-3,6,17H2,1H3. The van der Waals surface area contributed by atoms with Crippen molar-refractivity contribution in [3.63, 3.8) is 0 Å². The summed E-state index contributed by atoms with van der Waals surface area (Å²) >= 11 is 1.85. The molecular formula is C41H33OPS. The summed E-state index contributed by atoms with van der Waals surface area (Å²) in [4.78, 5) is 0. The summed E-state index contributed by atoms with van der Waals surface area (Å²) < 4.78 is 18.5. The third-order valence-corrected chi connectivity index (χ3v) is 13.5. The molecule has 7 aromatic rings. The number of hydrogen-bond acceptors (Lipinski definition) is 2. The van der Waals surface area contributed by atoms with Crippen LogP contribution in [0.4, 0.5) is 0 Å². The maximum absolute atomic E-state index is 15.8. The fourth-order valence-electron chi connectivity index (χ4n) is 7.12. The summed E-state index contributed by atoms with van der Waals surface area (Å²) in [5, 5.41) is 5.53. The highest BCUT2D eigenvalue weighted by Crippen LogP contribution is 2.57. The van der Waals surface area contributed by atoms with Gasteiger partial charge in [0.2, 0.25) is 0 Å². The van der Waals surface area contributed by atoms with Crippen molar-refractivity contribution in [2.75, 3.05) is 0 Å². The van der Waals surface area contributed by atoms with Crippen molar-refractivity contribution in [1.29, 1.82) is 0 Å². The van der Waals surface area contributed by atoms with Gasteiger partial charge in [0.1, 0.15) is 0 Å². The molecule has 1 aliphatic rings. The summed E-state index contributed by atoms with van der Waals surface area (Å²) in [5.74, 6) is 0. The van der Waals surface area contributed by atoms with Crippen LogP contribution in [0.25, 0.3) is 53.6 Å². The first-order valence-corrected chi connectivity index (χ1v) is 18.1. The lowest BCUT2D eigenvalue weighted by atomic mass is 9.85. The number of rotatable bonds is 7. The van der Waals surface area contributed by atoms with E-state index in [0.29, 0.717) is 0 Å². The quantitative estimate of drug-likeness (QED) is 0.131. The Morgan fingerprint density at radius 3 is 2.11 bits per heavy atom. The Bertz CT molecular complexity index is 2210. The van der Waals surface area contributed by atoms with Crippen LogP contribution in [0.3, 0.4) is 0 Å². The zero-order valence-corrected chi connectivity index (χ0v) is 26.5. The predicted octanol–water partition coefficient (Wildman–Crippen LogP) is 10.7. The molecule has 6 aromatic carbocycles. The van der Waals surface area contributed by atoms with Crippen LogP contribution >= 0.6 is 18.5 Å². The largest absolute Gasteiger partial charge is 0.309 e. The van der Waals surface area contributed by atoms with Gasteiger partial charge in [-0.15, -0.1) is 11.3 Å². The molecule has 1 aromatic heterocycles. The zero-order chi connectivity index (χ0) is 29.7. The lowest BCUT2D eigenvalue weighted by Crippen LogP contribution is -2.23. The van der Waals surface area contributed by atoms with E-state index in [1.54, 1.807) is 0 Å². The van der Waals surface area contributed by atoms with Gasteiger partial charge in [-0.3, -0.25) is 0 Å². The summed E-state index contributed by atoms with van der Waals surface area (Å²) in [6.45, 7) is 2.25. The molecule has 0 fully saturated rings. The van der Waals surface area contributed by atoms with E-state index in [1.807, 2.05) is 29.5 Å². The lowest BCUT2D eigenvalue weighted by Gasteiger charge is -2.23. The van der Waals surface area contributed by atoms with Gasteiger partial charge in [-0.2, -0.15) is 0 Å². The molecule has 0 radical (unpaired) electrons. The van der Waals surface area contributed by atoms with Crippen molar-refractivity contribution >= 4 is 54.6 Å². The van der Waals surface area contributed by atoms with Crippen LogP contribution in [0.5, 0.6) is 0 Å². The van der Waals surface area contributed by atoms with E-state index >= 15 is 4.57 Å². The van der Waals surface area contributed by atoms with Gasteiger partial charge in [-0.1, -0.05) is 129 Å². The van der Waals surface area contributed by atoms with Gasteiger partial charge in [0, 0.05) is 41.6 Å². The molecule has 8 rings (SSSR count). The van der Waals surface area contributed by atoms with Crippen LogP contribution in [0.15, 0.2) is 133 Å². The summed E-state index contributed by atoms with van der Waals surface area (Å²) in [6, 6.07) is 47.5. The Morgan fingerprint density at radius 2 is 1.30 bits per heavy atom. The minimum atomic E-state index is -3.11. The van der Waals surface area contributed by atoms with Crippen LogP contribution in [0, 0.1) is 0 Å². The Balaban J connectivity index is 1.50. The number of aryl methyl sites for hydroxylation is 1. The Kier molecular flexibility index (Phi) is 6.86. The van der Waals surface area contributed by atoms with Crippen molar-refractivity contribution in [3.05, 3.63) is 139 Å². The van der Waals surface area contributed by atoms with E-state index in [1.165, 1.54) is 42.4 Å². The van der Waals surface area contributed by atoms with Gasteiger partial charge in [0.05, 0.1) is 0 Å². The third kappa shape index (κ3) is 4.24. The molecule has 1 unspecified atom stereocenters. The van der Waals surface area contributed by atoms with Crippen LogP contribution < -0.4 is 15.9 Å². The molecule has 0 amide bonds. The molecule has 44 heavy (non-hydrogen) atoms. The molecule has 0 spiro atoms. The third-order valence-electron chi connectivity index (χ3n) is 9.13. The second-order valence-electron chi connectivity index (χ2n) is 11.8. The van der Waals surface area contributed by atoms with Gasteiger partial charge in [0.25, 0.3) is 0 Å². The van der Waals surface area contributed by atoms with E-state index in [-0.39, 0.29) is 0 Å². The molecule has 1 atom stereocenters. The fourth-order valence-corrected chi connectivity index (χ4v) is 11.5. The van der Waals surface area contributed by atoms with Gasteiger partial charge >= 0.3 is 0 Å². The summed E-state index contributed by atoms with van der Waals surface area (Å²) in [5.41, 5.74) is 8.24. The van der Waals surface area contributed by atoms with Gasteiger partial charge in [-0.25, -0.2) is 0 Å². The summed E-state index contributed by atoms with van der Waals surface area (Å²) in [6.07, 6.45) is 4.29. The molecule has 0 bridgehead atoms. The molecule has 0 saturated heterocycles. The van der Waals surface area contributed by atoms with Crippen LogP contribution in [0.1, 0.15) is 31.7 Å². The maximum Gasteiger partial charge on any atom is 0.172 e. The Labute approximate surface area is 263 Å². The average Bonchev–Trinajstić information content (AvgIpc) is 3.59. The van der Waals surface area contributed by atoms with E-state index in [9.17, 15) is 0 Å². The van der Waals surface area contributed by atoms with E-state index in [4.69, 9.17) is 0 Å². The zero-order valence-electron chi connectivity index (χ0n) is 24.8. The molecular weight excluding hydrogens is 571 g/mol. The molecule has 1 aliphatic heterocycles. The molecule has 0 N–H and O–H groups in total. The highest BCUT2D eigenvalue weighted by molar-refractivity contribution is 7.86. The molecule has 214 valence electrons. The highest BCUT2D eigenvalue weighted by Gasteiger charge is 2.43. The average molecular weight is 605 g/mol. The van der Waals surface area contributed by atoms with Gasteiger partial charge < -0.3 is 4.57 Å². The Morgan fingerprint density at radius 1 is 0.591 bits per heavy atom. The van der Waals surface area contributed by atoms with Crippen molar-refractivity contribution < 1.29 is 4.57 Å². The van der Waals surface area contributed by atoms with E-state index in [2.05, 4.69) is 122 Å². The summed E-state index contributed by atoms with van der Waals surface area (Å²) in [7, 11) is -3.11. The van der Waals surface area contributed by atoms with Crippen molar-refractivity contribution in [1.82, 2.24) is 0 Å². The SMILES string of the molecule is CCCCCc1cc(-c2ccc3sc4ccccc4c3c2)c(-c2ccccc2)c2c1P(=O)(c1ccccc1)c1ccccc1-2. The first-order valence-electron chi connectivity index (χ1n) is 15.6. The minimum absolute atomic E-state index is 0.909. The molecule has 0 aliphatic carbocycles. The molecule has 2 heterocycles. The van der Waals surface area contributed by atoms with Crippen LogP contribution in [-0.4, -0.2) is 0 Å². The number of thiophene rings is 1. The van der Waals surface area contributed by atoms with Crippen molar-refractivity contribution in [2.24, 2.45) is 0 Å².